The second kappa shape index (κ2) is 14.0. The summed E-state index contributed by atoms with van der Waals surface area (Å²) in [4.78, 5) is 11.2. The lowest BCUT2D eigenvalue weighted by molar-refractivity contribution is -0.695. The van der Waals surface area contributed by atoms with Gasteiger partial charge in [-0.2, -0.15) is 0 Å². The molecule has 1 atom stereocenters. The van der Waals surface area contributed by atoms with Crippen LogP contribution in [-0.2, 0) is 24.3 Å². The molecule has 0 bridgehead atoms. The normalized spacial score (nSPS) is 12.2. The summed E-state index contributed by atoms with van der Waals surface area (Å²) in [5.41, 5.74) is 1.26. The van der Waals surface area contributed by atoms with E-state index in [0.29, 0.717) is 6.54 Å². The van der Waals surface area contributed by atoms with Gasteiger partial charge in [-0.15, -0.1) is 0 Å². The van der Waals surface area contributed by atoms with Crippen LogP contribution in [0.2, 0.25) is 0 Å². The molecular formula is C26H40N2O2. The first-order valence-electron chi connectivity index (χ1n) is 11.9. The van der Waals surface area contributed by atoms with Gasteiger partial charge < -0.3 is 9.90 Å². The van der Waals surface area contributed by atoms with Crippen molar-refractivity contribution in [3.8, 4) is 0 Å². The first kappa shape index (κ1) is 24.2. The molecule has 0 saturated carbocycles. The zero-order valence-electron chi connectivity index (χ0n) is 19.0. The summed E-state index contributed by atoms with van der Waals surface area (Å²) in [6.07, 6.45) is 18.3. The summed E-state index contributed by atoms with van der Waals surface area (Å²) < 4.78 is 4.38. The van der Waals surface area contributed by atoms with Gasteiger partial charge in [0.2, 0.25) is 0 Å². The Morgan fingerprint density at radius 3 is 2.17 bits per heavy atom. The van der Waals surface area contributed by atoms with E-state index in [1.165, 1.54) is 69.2 Å². The Bertz CT molecular complexity index is 724. The molecule has 1 aromatic heterocycles. The van der Waals surface area contributed by atoms with Crippen LogP contribution in [0, 0.1) is 5.92 Å². The van der Waals surface area contributed by atoms with E-state index in [4.69, 9.17) is 0 Å². The molecule has 0 N–H and O–H groups in total. The number of aromatic nitrogens is 2. The average molecular weight is 413 g/mol. The molecular weight excluding hydrogens is 372 g/mol. The number of imidazole rings is 1. The molecule has 0 radical (unpaired) electrons. The van der Waals surface area contributed by atoms with E-state index in [1.54, 1.807) is 6.92 Å². The van der Waals surface area contributed by atoms with Gasteiger partial charge in [0.15, 0.2) is 0 Å². The third kappa shape index (κ3) is 8.73. The Morgan fingerprint density at radius 2 is 1.57 bits per heavy atom. The van der Waals surface area contributed by atoms with E-state index in [9.17, 15) is 9.90 Å². The summed E-state index contributed by atoms with van der Waals surface area (Å²) >= 11 is 0. The largest absolute Gasteiger partial charge is 0.550 e. The van der Waals surface area contributed by atoms with Crippen LogP contribution < -0.4 is 9.67 Å². The lowest BCUT2D eigenvalue weighted by Crippen LogP contribution is -2.39. The SMILES string of the molecule is CCCCCCCCCCCCc1n(CC(C)C(=O)[O-])cc[n+]1Cc1ccccc1. The molecule has 0 spiro atoms. The fourth-order valence-electron chi connectivity index (χ4n) is 4.02. The number of carboxylic acids is 1. The van der Waals surface area contributed by atoms with Gasteiger partial charge >= 0.3 is 0 Å². The van der Waals surface area contributed by atoms with E-state index >= 15 is 0 Å². The van der Waals surface area contributed by atoms with Crippen LogP contribution in [0.5, 0.6) is 0 Å². The molecule has 0 amide bonds. The Kier molecular flexibility index (Phi) is 11.3. The van der Waals surface area contributed by atoms with Crippen LogP contribution in [0.15, 0.2) is 42.7 Å². The number of hydrogen-bond acceptors (Lipinski definition) is 2. The molecule has 0 saturated heterocycles. The quantitative estimate of drug-likeness (QED) is 0.297. The average Bonchev–Trinajstić information content (AvgIpc) is 3.11. The molecule has 4 heteroatoms. The number of carbonyl (C=O) groups is 1. The number of unbranched alkanes of at least 4 members (excludes halogenated alkanes) is 9. The van der Waals surface area contributed by atoms with Crippen LogP contribution in [0.25, 0.3) is 0 Å². The second-order valence-corrected chi connectivity index (χ2v) is 8.63. The highest BCUT2D eigenvalue weighted by Crippen LogP contribution is 2.13. The number of carbonyl (C=O) groups excluding carboxylic acids is 1. The lowest BCUT2D eigenvalue weighted by atomic mass is 10.1. The van der Waals surface area contributed by atoms with E-state index in [1.807, 2.05) is 12.3 Å². The molecule has 1 unspecified atom stereocenters. The standard InChI is InChI=1S/C26H40N2O2/c1-3-4-5-6-7-8-9-10-11-15-18-25-27(21-23(2)26(29)30)19-20-28(25)22-24-16-13-12-14-17-24/h12-14,16-17,19-20,23H,3-11,15,18,21-22H2,1-2H3. The first-order chi connectivity index (χ1) is 14.6. The molecule has 166 valence electrons. The molecule has 1 heterocycles. The fraction of sp³-hybridized carbons (Fsp3) is 0.615. The van der Waals surface area contributed by atoms with Crippen molar-refractivity contribution in [1.29, 1.82) is 0 Å². The van der Waals surface area contributed by atoms with E-state index < -0.39 is 11.9 Å². The van der Waals surface area contributed by atoms with Gasteiger partial charge in [-0.1, -0.05) is 102 Å². The van der Waals surface area contributed by atoms with E-state index in [-0.39, 0.29) is 0 Å². The molecule has 0 fully saturated rings. The highest BCUT2D eigenvalue weighted by molar-refractivity contribution is 5.66. The van der Waals surface area contributed by atoms with Crippen LogP contribution in [-0.4, -0.2) is 10.5 Å². The number of benzene rings is 1. The third-order valence-corrected chi connectivity index (χ3v) is 5.91. The van der Waals surface area contributed by atoms with Crippen LogP contribution in [0.4, 0.5) is 0 Å². The molecule has 30 heavy (non-hydrogen) atoms. The van der Waals surface area contributed by atoms with Gasteiger partial charge in [0.05, 0.1) is 6.54 Å². The number of rotatable bonds is 16. The van der Waals surface area contributed by atoms with Crippen LogP contribution in [0.1, 0.15) is 89.4 Å². The van der Waals surface area contributed by atoms with Gasteiger partial charge in [0.25, 0.3) is 5.82 Å². The maximum atomic E-state index is 11.2. The Balaban J connectivity index is 1.85. The summed E-state index contributed by atoms with van der Waals surface area (Å²) in [6.45, 7) is 5.28. The van der Waals surface area contributed by atoms with E-state index in [0.717, 1.165) is 19.4 Å². The first-order valence-corrected chi connectivity index (χ1v) is 11.9. The molecule has 0 aliphatic heterocycles. The number of carboxylic acid groups (broad SMARTS) is 1. The van der Waals surface area contributed by atoms with Crippen molar-refractivity contribution >= 4 is 5.97 Å². The van der Waals surface area contributed by atoms with Crippen molar-refractivity contribution in [2.24, 2.45) is 5.92 Å². The molecule has 4 nitrogen and oxygen atoms in total. The minimum absolute atomic E-state index is 0.469. The Labute approximate surface area is 182 Å². The minimum atomic E-state index is -0.983. The third-order valence-electron chi connectivity index (χ3n) is 5.91. The smallest absolute Gasteiger partial charge is 0.256 e. The maximum Gasteiger partial charge on any atom is 0.256 e. The Hall–Kier alpha value is -2.10. The molecule has 0 aliphatic rings. The van der Waals surface area contributed by atoms with Crippen molar-refractivity contribution in [2.75, 3.05) is 0 Å². The van der Waals surface area contributed by atoms with Crippen molar-refractivity contribution in [3.05, 3.63) is 54.1 Å². The van der Waals surface area contributed by atoms with Crippen molar-refractivity contribution in [1.82, 2.24) is 4.57 Å². The van der Waals surface area contributed by atoms with Crippen molar-refractivity contribution < 1.29 is 14.5 Å². The highest BCUT2D eigenvalue weighted by Gasteiger charge is 2.19. The number of hydrogen-bond donors (Lipinski definition) is 0. The summed E-state index contributed by atoms with van der Waals surface area (Å²) in [7, 11) is 0. The monoisotopic (exact) mass is 412 g/mol. The zero-order chi connectivity index (χ0) is 21.6. The lowest BCUT2D eigenvalue weighted by Gasteiger charge is -2.12. The van der Waals surface area contributed by atoms with Gasteiger partial charge in [0.1, 0.15) is 18.9 Å². The predicted molar refractivity (Wildman–Crippen MR) is 120 cm³/mol. The number of aliphatic carboxylic acids is 1. The fourth-order valence-corrected chi connectivity index (χ4v) is 4.02. The minimum Gasteiger partial charge on any atom is -0.550 e. The summed E-state index contributed by atoms with van der Waals surface area (Å²) in [5.74, 6) is -0.260. The number of nitrogens with zero attached hydrogens (tertiary/aromatic N) is 2. The van der Waals surface area contributed by atoms with Crippen molar-refractivity contribution in [3.63, 3.8) is 0 Å². The second-order valence-electron chi connectivity index (χ2n) is 8.63. The van der Waals surface area contributed by atoms with Gasteiger partial charge in [0, 0.05) is 18.3 Å². The summed E-state index contributed by atoms with van der Waals surface area (Å²) in [5, 5.41) is 11.2. The zero-order valence-corrected chi connectivity index (χ0v) is 19.0. The van der Waals surface area contributed by atoms with Gasteiger partial charge in [-0.25, -0.2) is 9.13 Å². The Morgan fingerprint density at radius 1 is 0.967 bits per heavy atom. The van der Waals surface area contributed by atoms with Gasteiger partial charge in [-0.3, -0.25) is 0 Å². The van der Waals surface area contributed by atoms with E-state index in [2.05, 4.69) is 46.5 Å². The summed E-state index contributed by atoms with van der Waals surface area (Å²) in [6, 6.07) is 10.4. The molecule has 0 aliphatic carbocycles. The predicted octanol–water partition coefficient (Wildman–Crippen LogP) is 4.67. The van der Waals surface area contributed by atoms with Crippen LogP contribution in [0.3, 0.4) is 0 Å². The highest BCUT2D eigenvalue weighted by atomic mass is 16.4. The van der Waals surface area contributed by atoms with Crippen molar-refractivity contribution in [2.45, 2.75) is 97.6 Å². The topological polar surface area (TPSA) is 48.9 Å². The molecule has 2 aromatic rings. The molecule has 2 rings (SSSR count). The maximum absolute atomic E-state index is 11.2. The van der Waals surface area contributed by atoms with Gasteiger partial charge in [-0.05, 0) is 12.0 Å². The molecule has 1 aromatic carbocycles. The van der Waals surface area contributed by atoms with Crippen LogP contribution >= 0.6 is 0 Å².